The number of amides is 2. The summed E-state index contributed by atoms with van der Waals surface area (Å²) < 4.78 is 41.2. The Morgan fingerprint density at radius 2 is 1.72 bits per heavy atom. The predicted octanol–water partition coefficient (Wildman–Crippen LogP) is 4.79. The van der Waals surface area contributed by atoms with Crippen LogP contribution in [0.4, 0.5) is 29.9 Å². The average Bonchev–Trinajstić information content (AvgIpc) is 3.41. The van der Waals surface area contributed by atoms with Crippen LogP contribution in [-0.2, 0) is 22.4 Å². The number of benzene rings is 1. The molecule has 5 rings (SSSR count). The smallest absolute Gasteiger partial charge is 0.406 e. The van der Waals surface area contributed by atoms with Gasteiger partial charge in [-0.05, 0) is 54.8 Å². The van der Waals surface area contributed by atoms with Gasteiger partial charge in [0.1, 0.15) is 10.8 Å². The van der Waals surface area contributed by atoms with Crippen molar-refractivity contribution in [1.82, 2.24) is 25.4 Å². The number of nitrogens with zero attached hydrogens (tertiary/aromatic N) is 6. The molecule has 1 aromatic carbocycles. The molecule has 0 spiro atoms. The van der Waals surface area contributed by atoms with Gasteiger partial charge in [0, 0.05) is 30.9 Å². The minimum absolute atomic E-state index is 0. The van der Waals surface area contributed by atoms with Crippen LogP contribution in [0.2, 0.25) is 0 Å². The van der Waals surface area contributed by atoms with Crippen LogP contribution >= 0.6 is 23.7 Å². The Balaban J connectivity index is 0.00000423. The normalized spacial score (nSPS) is 13.6. The number of ether oxygens (including phenoxy) is 1. The molecule has 3 aromatic heterocycles. The summed E-state index contributed by atoms with van der Waals surface area (Å²) in [6.45, 7) is 1.42. The van der Waals surface area contributed by atoms with E-state index in [1.807, 2.05) is 6.07 Å². The maximum Gasteiger partial charge on any atom is 0.573 e. The monoisotopic (exact) mass is 634 g/mol. The fraction of sp³-hybridized carbons (Fsp3) is 0.296. The molecule has 0 unspecified atom stereocenters. The number of alkyl halides is 3. The van der Waals surface area contributed by atoms with Gasteiger partial charge in [0.25, 0.3) is 0 Å². The highest BCUT2D eigenvalue weighted by molar-refractivity contribution is 7.15. The number of anilines is 3. The molecule has 2 N–H and O–H groups in total. The SMILES string of the molecule is Cl.O=C(Cc1cccc(OC(F)(F)F)c1)Nc1ccc(N2CCC(c3nnc(NC(=O)Cc4ccccn4)s3)CC2)nn1. The van der Waals surface area contributed by atoms with Gasteiger partial charge in [0.2, 0.25) is 16.9 Å². The van der Waals surface area contributed by atoms with Gasteiger partial charge >= 0.3 is 6.36 Å². The van der Waals surface area contributed by atoms with Gasteiger partial charge in [-0.2, -0.15) is 0 Å². The van der Waals surface area contributed by atoms with E-state index in [4.69, 9.17) is 0 Å². The first-order valence-electron chi connectivity index (χ1n) is 13.0. The third kappa shape index (κ3) is 9.31. The minimum atomic E-state index is -4.81. The number of carbonyl (C=O) groups excluding carboxylic acids is 2. The zero-order chi connectivity index (χ0) is 29.5. The van der Waals surface area contributed by atoms with Crippen molar-refractivity contribution >= 4 is 52.3 Å². The van der Waals surface area contributed by atoms with Crippen LogP contribution in [0, 0.1) is 0 Å². The van der Waals surface area contributed by atoms with Crippen molar-refractivity contribution in [1.29, 1.82) is 0 Å². The highest BCUT2D eigenvalue weighted by atomic mass is 35.5. The van der Waals surface area contributed by atoms with Gasteiger partial charge in [-0.1, -0.05) is 29.5 Å². The molecular formula is C27H26ClF3N8O3S. The standard InChI is InChI=1S/C27H25F3N8O3S.ClH/c28-27(29,30)41-20-6-3-4-17(14-20)15-23(39)32-21-7-8-22(35-34-21)38-12-9-18(10-13-38)25-36-37-26(42-25)33-24(40)16-19-5-1-2-11-31-19;/h1-8,11,14,18H,9-10,12-13,15-16H2,(H,32,34,39)(H,33,37,40);1H. The first-order chi connectivity index (χ1) is 20.2. The number of nitrogens with one attached hydrogen (secondary N) is 2. The Hall–Kier alpha value is -4.37. The highest BCUT2D eigenvalue weighted by Crippen LogP contribution is 2.33. The molecule has 226 valence electrons. The molecule has 1 fully saturated rings. The van der Waals surface area contributed by atoms with Gasteiger partial charge in [-0.3, -0.25) is 14.6 Å². The summed E-state index contributed by atoms with van der Waals surface area (Å²) in [4.78, 5) is 30.9. The predicted molar refractivity (Wildman–Crippen MR) is 155 cm³/mol. The molecule has 0 aliphatic carbocycles. The summed E-state index contributed by atoms with van der Waals surface area (Å²) in [7, 11) is 0. The molecule has 11 nitrogen and oxygen atoms in total. The van der Waals surface area contributed by atoms with Crippen molar-refractivity contribution < 1.29 is 27.5 Å². The van der Waals surface area contributed by atoms with Crippen LogP contribution < -0.4 is 20.3 Å². The molecule has 0 bridgehead atoms. The summed E-state index contributed by atoms with van der Waals surface area (Å²) in [5.74, 6) is 0.0407. The topological polar surface area (TPSA) is 135 Å². The Bertz CT molecular complexity index is 1520. The van der Waals surface area contributed by atoms with E-state index in [-0.39, 0.29) is 42.9 Å². The fourth-order valence-electron chi connectivity index (χ4n) is 4.42. The van der Waals surface area contributed by atoms with Crippen LogP contribution in [0.5, 0.6) is 5.75 Å². The number of carbonyl (C=O) groups is 2. The second kappa shape index (κ2) is 14.2. The van der Waals surface area contributed by atoms with E-state index in [0.29, 0.717) is 35.3 Å². The number of halogens is 4. The van der Waals surface area contributed by atoms with Gasteiger partial charge in [0.05, 0.1) is 12.8 Å². The number of rotatable bonds is 9. The van der Waals surface area contributed by atoms with Crippen molar-refractivity contribution in [2.24, 2.45) is 0 Å². The quantitative estimate of drug-likeness (QED) is 0.266. The van der Waals surface area contributed by atoms with E-state index >= 15 is 0 Å². The van der Waals surface area contributed by atoms with Crippen LogP contribution in [0.15, 0.2) is 60.8 Å². The average molecular weight is 635 g/mol. The summed E-state index contributed by atoms with van der Waals surface area (Å²) in [6.07, 6.45) is -1.54. The molecular weight excluding hydrogens is 609 g/mol. The lowest BCUT2D eigenvalue weighted by Gasteiger charge is -2.31. The lowest BCUT2D eigenvalue weighted by molar-refractivity contribution is -0.274. The van der Waals surface area contributed by atoms with Crippen molar-refractivity contribution in [3.05, 3.63) is 77.1 Å². The molecule has 0 saturated carbocycles. The summed E-state index contributed by atoms with van der Waals surface area (Å²) in [5, 5.41) is 23.4. The second-order valence-electron chi connectivity index (χ2n) is 9.45. The van der Waals surface area contributed by atoms with E-state index in [9.17, 15) is 22.8 Å². The van der Waals surface area contributed by atoms with E-state index < -0.39 is 18.0 Å². The highest BCUT2D eigenvalue weighted by Gasteiger charge is 2.31. The summed E-state index contributed by atoms with van der Waals surface area (Å²) in [6, 6.07) is 14.0. The van der Waals surface area contributed by atoms with Crippen LogP contribution in [0.25, 0.3) is 0 Å². The van der Waals surface area contributed by atoms with Gasteiger partial charge in [-0.15, -0.1) is 46.0 Å². The summed E-state index contributed by atoms with van der Waals surface area (Å²) in [5.41, 5.74) is 1.03. The van der Waals surface area contributed by atoms with Gasteiger partial charge < -0.3 is 20.3 Å². The molecule has 4 heterocycles. The Kier molecular flexibility index (Phi) is 10.4. The van der Waals surface area contributed by atoms with Crippen molar-refractivity contribution in [3.63, 3.8) is 0 Å². The molecule has 0 radical (unpaired) electrons. The van der Waals surface area contributed by atoms with E-state index in [1.165, 1.54) is 29.5 Å². The van der Waals surface area contributed by atoms with E-state index in [0.717, 1.165) is 23.9 Å². The number of hydrogen-bond acceptors (Lipinski definition) is 10. The fourth-order valence-corrected chi connectivity index (χ4v) is 5.35. The molecule has 1 saturated heterocycles. The largest absolute Gasteiger partial charge is 0.573 e. The Morgan fingerprint density at radius 1 is 0.930 bits per heavy atom. The third-order valence-corrected chi connectivity index (χ3v) is 7.34. The zero-order valence-corrected chi connectivity index (χ0v) is 24.1. The first-order valence-corrected chi connectivity index (χ1v) is 13.8. The lowest BCUT2D eigenvalue weighted by Crippen LogP contribution is -2.33. The van der Waals surface area contributed by atoms with Gasteiger partial charge in [0.15, 0.2) is 11.6 Å². The van der Waals surface area contributed by atoms with Crippen LogP contribution in [0.1, 0.15) is 35.0 Å². The maximum absolute atomic E-state index is 12.4. The molecule has 2 amide bonds. The first kappa shape index (κ1) is 31.6. The molecule has 43 heavy (non-hydrogen) atoms. The van der Waals surface area contributed by atoms with Crippen molar-refractivity contribution in [2.75, 3.05) is 28.6 Å². The van der Waals surface area contributed by atoms with E-state index in [1.54, 1.807) is 30.5 Å². The molecule has 1 aliphatic rings. The molecule has 4 aromatic rings. The molecule has 1 aliphatic heterocycles. The van der Waals surface area contributed by atoms with Gasteiger partial charge in [-0.25, -0.2) is 0 Å². The van der Waals surface area contributed by atoms with E-state index in [2.05, 4.69) is 45.6 Å². The Labute approximate surface area is 254 Å². The molecule has 0 atom stereocenters. The maximum atomic E-state index is 12.4. The zero-order valence-electron chi connectivity index (χ0n) is 22.5. The van der Waals surface area contributed by atoms with Crippen LogP contribution in [-0.4, -0.2) is 56.6 Å². The molecule has 16 heteroatoms. The minimum Gasteiger partial charge on any atom is -0.406 e. The van der Waals surface area contributed by atoms with Crippen LogP contribution in [0.3, 0.4) is 0 Å². The van der Waals surface area contributed by atoms with Crippen molar-refractivity contribution in [2.45, 2.75) is 38.0 Å². The van der Waals surface area contributed by atoms with Crippen molar-refractivity contribution in [3.8, 4) is 5.75 Å². The summed E-state index contributed by atoms with van der Waals surface area (Å²) >= 11 is 1.37. The lowest BCUT2D eigenvalue weighted by atomic mass is 9.98. The second-order valence-corrected chi connectivity index (χ2v) is 10.5. The number of pyridine rings is 1. The third-order valence-electron chi connectivity index (χ3n) is 6.34. The number of aromatic nitrogens is 5. The number of hydrogen-bond donors (Lipinski definition) is 2. The number of piperidine rings is 1. The Morgan fingerprint density at radius 3 is 2.42 bits per heavy atom.